The first kappa shape index (κ1) is 10.5. The average Bonchev–Trinajstić information content (AvgIpc) is 2.15. The Morgan fingerprint density at radius 3 is 2.21 bits per heavy atom. The van der Waals surface area contributed by atoms with Crippen LogP contribution in [0.25, 0.3) is 0 Å². The molecule has 0 radical (unpaired) electrons. The highest BCUT2D eigenvalue weighted by Crippen LogP contribution is 2.07. The number of nitrogens with zero attached hydrogens (tertiary/aromatic N) is 1. The summed E-state index contributed by atoms with van der Waals surface area (Å²) in [5, 5.41) is 17.2. The molecule has 6 heteroatoms. The molecule has 0 aromatic rings. The molecule has 1 heterocycles. The van der Waals surface area contributed by atoms with Gasteiger partial charge in [0.25, 0.3) is 0 Å². The van der Waals surface area contributed by atoms with Crippen LogP contribution in [0, 0.1) is 0 Å². The minimum absolute atomic E-state index is 0.194. The Morgan fingerprint density at radius 2 is 1.79 bits per heavy atom. The Kier molecular flexibility index (Phi) is 3.47. The number of carboxylic acid groups (broad SMARTS) is 2. The Bertz CT molecular complexity index is 267. The number of hydrogen-bond acceptors (Lipinski definition) is 4. The molecule has 0 saturated carbocycles. The molecule has 0 bridgehead atoms. The van der Waals surface area contributed by atoms with Crippen LogP contribution in [-0.2, 0) is 14.3 Å². The van der Waals surface area contributed by atoms with Crippen LogP contribution < -0.4 is 0 Å². The first-order valence-electron chi connectivity index (χ1n) is 4.12. The number of ether oxygens (including phenoxy) is 1. The number of aliphatic carboxylic acids is 2. The van der Waals surface area contributed by atoms with Crippen molar-refractivity contribution in [1.29, 1.82) is 0 Å². The molecule has 1 aliphatic rings. The standard InChI is InChI=1S/C8H11NO5/c10-7(11)5-6(8(12)13)9-1-3-14-4-2-9/h5H,1-4H2,(H,10,11)(H,12,13). The van der Waals surface area contributed by atoms with E-state index >= 15 is 0 Å². The van der Waals surface area contributed by atoms with E-state index in [1.165, 1.54) is 4.90 Å². The molecule has 1 saturated heterocycles. The first-order chi connectivity index (χ1) is 6.61. The van der Waals surface area contributed by atoms with E-state index in [1.807, 2.05) is 0 Å². The molecule has 0 atom stereocenters. The molecule has 0 amide bonds. The molecule has 0 spiro atoms. The zero-order chi connectivity index (χ0) is 10.6. The summed E-state index contributed by atoms with van der Waals surface area (Å²) in [6.07, 6.45) is 0.702. The number of carbonyl (C=O) groups is 2. The third-order valence-electron chi connectivity index (χ3n) is 1.83. The van der Waals surface area contributed by atoms with Crippen LogP contribution in [0.3, 0.4) is 0 Å². The zero-order valence-corrected chi connectivity index (χ0v) is 7.47. The van der Waals surface area contributed by atoms with E-state index in [0.717, 1.165) is 0 Å². The van der Waals surface area contributed by atoms with Crippen LogP contribution in [0.4, 0.5) is 0 Å². The molecule has 1 rings (SSSR count). The van der Waals surface area contributed by atoms with Gasteiger partial charge in [0.1, 0.15) is 5.70 Å². The molecular formula is C8H11NO5. The number of hydrogen-bond donors (Lipinski definition) is 2. The summed E-state index contributed by atoms with van der Waals surface area (Å²) >= 11 is 0. The topological polar surface area (TPSA) is 87.1 Å². The Balaban J connectivity index is 2.76. The van der Waals surface area contributed by atoms with Crippen LogP contribution >= 0.6 is 0 Å². The number of carboxylic acids is 2. The van der Waals surface area contributed by atoms with Gasteiger partial charge >= 0.3 is 11.9 Å². The lowest BCUT2D eigenvalue weighted by molar-refractivity contribution is -0.137. The van der Waals surface area contributed by atoms with Gasteiger partial charge in [0.2, 0.25) is 0 Å². The van der Waals surface area contributed by atoms with Gasteiger partial charge in [-0.25, -0.2) is 9.59 Å². The van der Waals surface area contributed by atoms with Gasteiger partial charge in [-0.3, -0.25) is 0 Å². The fraction of sp³-hybridized carbons (Fsp3) is 0.500. The van der Waals surface area contributed by atoms with Crippen LogP contribution in [0.1, 0.15) is 0 Å². The van der Waals surface area contributed by atoms with E-state index in [4.69, 9.17) is 14.9 Å². The van der Waals surface area contributed by atoms with Gasteiger partial charge in [-0.15, -0.1) is 0 Å². The second-order valence-electron chi connectivity index (χ2n) is 2.77. The van der Waals surface area contributed by atoms with Crippen LogP contribution in [0.5, 0.6) is 0 Å². The van der Waals surface area contributed by atoms with Crippen molar-refractivity contribution < 1.29 is 24.5 Å². The van der Waals surface area contributed by atoms with Crippen LogP contribution in [0.15, 0.2) is 11.8 Å². The van der Waals surface area contributed by atoms with Crippen LogP contribution in [-0.4, -0.2) is 53.4 Å². The predicted molar refractivity (Wildman–Crippen MR) is 45.7 cm³/mol. The van der Waals surface area contributed by atoms with Gasteiger partial charge in [-0.05, 0) is 0 Å². The Labute approximate surface area is 80.4 Å². The molecule has 1 aliphatic heterocycles. The minimum atomic E-state index is -1.26. The lowest BCUT2D eigenvalue weighted by Gasteiger charge is -2.28. The molecule has 0 aromatic carbocycles. The van der Waals surface area contributed by atoms with Crippen molar-refractivity contribution >= 4 is 11.9 Å². The maximum Gasteiger partial charge on any atom is 0.352 e. The summed E-state index contributed by atoms with van der Waals surface area (Å²) < 4.78 is 5.03. The molecule has 0 aliphatic carbocycles. The van der Waals surface area contributed by atoms with Crippen molar-refractivity contribution in [2.75, 3.05) is 26.3 Å². The zero-order valence-electron chi connectivity index (χ0n) is 7.47. The highest BCUT2D eigenvalue weighted by atomic mass is 16.5. The maximum absolute atomic E-state index is 10.7. The van der Waals surface area contributed by atoms with Crippen molar-refractivity contribution in [3.63, 3.8) is 0 Å². The summed E-state index contributed by atoms with van der Waals surface area (Å²) in [5.74, 6) is -2.48. The van der Waals surface area contributed by atoms with E-state index in [2.05, 4.69) is 0 Å². The monoisotopic (exact) mass is 201 g/mol. The maximum atomic E-state index is 10.7. The quantitative estimate of drug-likeness (QED) is 0.591. The van der Waals surface area contributed by atoms with Crippen molar-refractivity contribution in [2.45, 2.75) is 0 Å². The van der Waals surface area contributed by atoms with Gasteiger partial charge < -0.3 is 19.8 Å². The molecule has 1 fully saturated rings. The van der Waals surface area contributed by atoms with Crippen molar-refractivity contribution in [1.82, 2.24) is 4.90 Å². The lowest BCUT2D eigenvalue weighted by atomic mass is 10.3. The molecule has 6 nitrogen and oxygen atoms in total. The fourth-order valence-electron chi connectivity index (χ4n) is 1.21. The molecule has 14 heavy (non-hydrogen) atoms. The Hall–Kier alpha value is -1.56. The first-order valence-corrected chi connectivity index (χ1v) is 4.12. The Morgan fingerprint density at radius 1 is 1.21 bits per heavy atom. The third-order valence-corrected chi connectivity index (χ3v) is 1.83. The second kappa shape index (κ2) is 4.61. The summed E-state index contributed by atoms with van der Waals surface area (Å²) in [7, 11) is 0. The molecule has 0 aromatic heterocycles. The van der Waals surface area contributed by atoms with Crippen LogP contribution in [0.2, 0.25) is 0 Å². The lowest BCUT2D eigenvalue weighted by Crippen LogP contribution is -2.38. The molecule has 2 N–H and O–H groups in total. The van der Waals surface area contributed by atoms with Gasteiger partial charge in [-0.2, -0.15) is 0 Å². The van der Waals surface area contributed by atoms with Gasteiger partial charge in [0.05, 0.1) is 19.3 Å². The third kappa shape index (κ3) is 2.74. The fourth-order valence-corrected chi connectivity index (χ4v) is 1.21. The van der Waals surface area contributed by atoms with E-state index in [-0.39, 0.29) is 5.70 Å². The minimum Gasteiger partial charge on any atom is -0.478 e. The summed E-state index contributed by atoms with van der Waals surface area (Å²) in [4.78, 5) is 22.6. The molecule has 0 unspecified atom stereocenters. The SMILES string of the molecule is O=C(O)C=C(C(=O)O)N1CCOCC1. The van der Waals surface area contributed by atoms with Crippen molar-refractivity contribution in [3.8, 4) is 0 Å². The van der Waals surface area contributed by atoms with E-state index in [0.29, 0.717) is 32.4 Å². The number of rotatable bonds is 3. The molecule has 78 valence electrons. The van der Waals surface area contributed by atoms with Gasteiger partial charge in [0, 0.05) is 13.1 Å². The normalized spacial score (nSPS) is 18.0. The smallest absolute Gasteiger partial charge is 0.352 e. The highest BCUT2D eigenvalue weighted by Gasteiger charge is 2.20. The summed E-state index contributed by atoms with van der Waals surface area (Å²) in [5.41, 5.74) is -0.194. The number of morpholine rings is 1. The molecular weight excluding hydrogens is 190 g/mol. The van der Waals surface area contributed by atoms with E-state index in [1.54, 1.807) is 0 Å². The second-order valence-corrected chi connectivity index (χ2v) is 2.77. The summed E-state index contributed by atoms with van der Waals surface area (Å²) in [6, 6.07) is 0. The summed E-state index contributed by atoms with van der Waals surface area (Å²) in [6.45, 7) is 1.66. The van der Waals surface area contributed by atoms with E-state index in [9.17, 15) is 9.59 Å². The average molecular weight is 201 g/mol. The van der Waals surface area contributed by atoms with Gasteiger partial charge in [0.15, 0.2) is 0 Å². The van der Waals surface area contributed by atoms with E-state index < -0.39 is 11.9 Å². The highest BCUT2D eigenvalue weighted by molar-refractivity contribution is 5.94. The largest absolute Gasteiger partial charge is 0.478 e. The van der Waals surface area contributed by atoms with Crippen molar-refractivity contribution in [2.24, 2.45) is 0 Å². The predicted octanol–water partition coefficient (Wildman–Crippen LogP) is -0.628. The van der Waals surface area contributed by atoms with Gasteiger partial charge in [-0.1, -0.05) is 0 Å². The van der Waals surface area contributed by atoms with Crippen molar-refractivity contribution in [3.05, 3.63) is 11.8 Å².